The lowest BCUT2D eigenvalue weighted by molar-refractivity contribution is -0.135. The Bertz CT molecular complexity index is 530. The van der Waals surface area contributed by atoms with Crippen LogP contribution < -0.4 is 5.32 Å². The number of piperidine rings is 1. The van der Waals surface area contributed by atoms with Crippen LogP contribution in [0, 0.1) is 11.8 Å². The third kappa shape index (κ3) is 4.15. The molecule has 1 aromatic rings. The van der Waals surface area contributed by atoms with Crippen molar-refractivity contribution >= 4 is 17.7 Å². The molecule has 0 saturated carbocycles. The van der Waals surface area contributed by atoms with Crippen LogP contribution in [0.25, 0.3) is 0 Å². The highest BCUT2D eigenvalue weighted by Gasteiger charge is 2.34. The molecule has 1 N–H and O–H groups in total. The molecule has 0 spiro atoms. The molecule has 2 aliphatic rings. The highest BCUT2D eigenvalue weighted by molar-refractivity contribution is 8.00. The Kier molecular flexibility index (Phi) is 6.23. The summed E-state index contributed by atoms with van der Waals surface area (Å²) in [4.78, 5) is 15.2. The van der Waals surface area contributed by atoms with Gasteiger partial charge in [-0.25, -0.2) is 0 Å². The molecule has 0 aromatic heterocycles. The maximum atomic E-state index is 13.1. The van der Waals surface area contributed by atoms with Gasteiger partial charge in [0.15, 0.2) is 0 Å². The van der Waals surface area contributed by atoms with Gasteiger partial charge in [-0.1, -0.05) is 44.2 Å². The van der Waals surface area contributed by atoms with E-state index in [0.29, 0.717) is 29.4 Å². The van der Waals surface area contributed by atoms with Crippen molar-refractivity contribution in [1.82, 2.24) is 10.2 Å². The van der Waals surface area contributed by atoms with E-state index in [0.717, 1.165) is 25.4 Å². The smallest absolute Gasteiger partial charge is 0.223 e. The summed E-state index contributed by atoms with van der Waals surface area (Å²) in [6.07, 6.45) is 3.19. The van der Waals surface area contributed by atoms with E-state index in [9.17, 15) is 4.79 Å². The van der Waals surface area contributed by atoms with Crippen LogP contribution in [0.5, 0.6) is 0 Å². The van der Waals surface area contributed by atoms with Gasteiger partial charge in [-0.15, -0.1) is 0 Å². The molecule has 2 heterocycles. The van der Waals surface area contributed by atoms with Gasteiger partial charge in [-0.05, 0) is 43.3 Å². The van der Waals surface area contributed by atoms with Crippen molar-refractivity contribution in [2.45, 2.75) is 44.4 Å². The number of thioether (sulfide) groups is 1. The largest absolute Gasteiger partial charge is 0.334 e. The number of carbonyl (C=O) groups is 1. The zero-order valence-electron chi connectivity index (χ0n) is 14.9. The second-order valence-corrected chi connectivity index (χ2v) is 8.79. The summed E-state index contributed by atoms with van der Waals surface area (Å²) in [6.45, 7) is 7.60. The van der Waals surface area contributed by atoms with Gasteiger partial charge in [0.25, 0.3) is 0 Å². The average molecular weight is 347 g/mol. The maximum Gasteiger partial charge on any atom is 0.223 e. The fourth-order valence-electron chi connectivity index (χ4n) is 4.13. The molecule has 2 fully saturated rings. The van der Waals surface area contributed by atoms with E-state index < -0.39 is 0 Å². The molecule has 132 valence electrons. The molecule has 1 amide bonds. The van der Waals surface area contributed by atoms with E-state index in [2.05, 4.69) is 54.4 Å². The summed E-state index contributed by atoms with van der Waals surface area (Å²) >= 11 is 1.99. The number of hydrogen-bond donors (Lipinski definition) is 1. The van der Waals surface area contributed by atoms with Gasteiger partial charge in [0.1, 0.15) is 0 Å². The van der Waals surface area contributed by atoms with Crippen LogP contribution in [0.1, 0.15) is 44.7 Å². The van der Waals surface area contributed by atoms with Crippen molar-refractivity contribution in [2.75, 3.05) is 25.4 Å². The van der Waals surface area contributed by atoms with E-state index in [1.165, 1.54) is 18.4 Å². The molecule has 2 aliphatic heterocycles. The van der Waals surface area contributed by atoms with E-state index in [1.807, 2.05) is 11.8 Å². The highest BCUT2D eigenvalue weighted by atomic mass is 32.2. The summed E-state index contributed by atoms with van der Waals surface area (Å²) in [7, 11) is 0. The Morgan fingerprint density at radius 2 is 2.17 bits per heavy atom. The number of hydrogen-bond acceptors (Lipinski definition) is 3. The molecule has 0 aliphatic carbocycles. The minimum Gasteiger partial charge on any atom is -0.334 e. The first kappa shape index (κ1) is 17.8. The second-order valence-electron chi connectivity index (χ2n) is 7.31. The predicted molar refractivity (Wildman–Crippen MR) is 102 cm³/mol. The zero-order chi connectivity index (χ0) is 16.9. The van der Waals surface area contributed by atoms with Crippen LogP contribution in [-0.2, 0) is 4.79 Å². The van der Waals surface area contributed by atoms with Crippen LogP contribution >= 0.6 is 11.8 Å². The van der Waals surface area contributed by atoms with Gasteiger partial charge >= 0.3 is 0 Å². The molecule has 3 rings (SSSR count). The number of nitrogens with zero attached hydrogens (tertiary/aromatic N) is 1. The SMILES string of the molecule is CC(CC(=O)N1CCSC(C)C1c1ccccc1)C1CCCNC1. The number of carbonyl (C=O) groups excluding carboxylic acids is 1. The molecule has 1 aromatic carbocycles. The minimum absolute atomic E-state index is 0.217. The Labute approximate surface area is 150 Å². The third-order valence-corrected chi connectivity index (χ3v) is 6.79. The first-order valence-corrected chi connectivity index (χ1v) is 10.4. The van der Waals surface area contributed by atoms with Gasteiger partial charge in [0.05, 0.1) is 6.04 Å². The summed E-state index contributed by atoms with van der Waals surface area (Å²) in [5, 5.41) is 3.94. The second kappa shape index (κ2) is 8.39. The molecule has 3 nitrogen and oxygen atoms in total. The molecule has 4 unspecified atom stereocenters. The van der Waals surface area contributed by atoms with Gasteiger partial charge in [0.2, 0.25) is 5.91 Å². The van der Waals surface area contributed by atoms with Crippen molar-refractivity contribution in [2.24, 2.45) is 11.8 Å². The van der Waals surface area contributed by atoms with Gasteiger partial charge in [-0.3, -0.25) is 4.79 Å². The predicted octanol–water partition coefficient (Wildman–Crippen LogP) is 3.72. The van der Waals surface area contributed by atoms with E-state index in [4.69, 9.17) is 0 Å². The van der Waals surface area contributed by atoms with Crippen molar-refractivity contribution in [1.29, 1.82) is 0 Å². The van der Waals surface area contributed by atoms with E-state index in [-0.39, 0.29) is 6.04 Å². The topological polar surface area (TPSA) is 32.3 Å². The number of amides is 1. The summed E-state index contributed by atoms with van der Waals surface area (Å²) < 4.78 is 0. The Balaban J connectivity index is 1.69. The fourth-order valence-corrected chi connectivity index (χ4v) is 5.29. The van der Waals surface area contributed by atoms with Crippen molar-refractivity contribution in [3.05, 3.63) is 35.9 Å². The molecular formula is C20H30N2OS. The average Bonchev–Trinajstić information content (AvgIpc) is 2.63. The quantitative estimate of drug-likeness (QED) is 0.902. The van der Waals surface area contributed by atoms with Gasteiger partial charge in [-0.2, -0.15) is 11.8 Å². The number of nitrogens with one attached hydrogen (secondary N) is 1. The number of rotatable bonds is 4. The summed E-state index contributed by atoms with van der Waals surface area (Å²) in [5.74, 6) is 2.51. The molecular weight excluding hydrogens is 316 g/mol. The van der Waals surface area contributed by atoms with Crippen LogP contribution in [0.4, 0.5) is 0 Å². The van der Waals surface area contributed by atoms with Crippen LogP contribution in [-0.4, -0.2) is 41.4 Å². The third-order valence-electron chi connectivity index (χ3n) is 5.59. The molecule has 0 bridgehead atoms. The molecule has 4 heteroatoms. The molecule has 4 atom stereocenters. The van der Waals surface area contributed by atoms with Crippen molar-refractivity contribution in [3.63, 3.8) is 0 Å². The van der Waals surface area contributed by atoms with Gasteiger partial charge in [0, 0.05) is 24.0 Å². The van der Waals surface area contributed by atoms with Crippen LogP contribution in [0.3, 0.4) is 0 Å². The van der Waals surface area contributed by atoms with Crippen molar-refractivity contribution in [3.8, 4) is 0 Å². The van der Waals surface area contributed by atoms with E-state index >= 15 is 0 Å². The lowest BCUT2D eigenvalue weighted by Crippen LogP contribution is -2.45. The Morgan fingerprint density at radius 3 is 2.88 bits per heavy atom. The lowest BCUT2D eigenvalue weighted by atomic mass is 9.85. The summed E-state index contributed by atoms with van der Waals surface area (Å²) in [5.41, 5.74) is 1.28. The van der Waals surface area contributed by atoms with Crippen LogP contribution in [0.15, 0.2) is 30.3 Å². The van der Waals surface area contributed by atoms with Crippen LogP contribution in [0.2, 0.25) is 0 Å². The maximum absolute atomic E-state index is 13.1. The highest BCUT2D eigenvalue weighted by Crippen LogP contribution is 2.37. The molecule has 0 radical (unpaired) electrons. The fraction of sp³-hybridized carbons (Fsp3) is 0.650. The zero-order valence-corrected chi connectivity index (χ0v) is 15.7. The first-order valence-electron chi connectivity index (χ1n) is 9.33. The lowest BCUT2D eigenvalue weighted by Gasteiger charge is -2.41. The summed E-state index contributed by atoms with van der Waals surface area (Å²) in [6, 6.07) is 10.8. The van der Waals surface area contributed by atoms with E-state index in [1.54, 1.807) is 0 Å². The minimum atomic E-state index is 0.217. The Morgan fingerprint density at radius 1 is 1.38 bits per heavy atom. The monoisotopic (exact) mass is 346 g/mol. The van der Waals surface area contributed by atoms with Gasteiger partial charge < -0.3 is 10.2 Å². The van der Waals surface area contributed by atoms with Crippen molar-refractivity contribution < 1.29 is 4.79 Å². The normalized spacial score (nSPS) is 29.2. The Hall–Kier alpha value is -1.00. The molecule has 24 heavy (non-hydrogen) atoms. The number of benzene rings is 1. The molecule has 2 saturated heterocycles. The first-order chi connectivity index (χ1) is 11.7. The standard InChI is InChI=1S/C20H30N2OS/c1-15(18-9-6-10-21-14-18)13-19(23)22-11-12-24-16(2)20(22)17-7-4-3-5-8-17/h3-5,7-8,15-16,18,20-21H,6,9-14H2,1-2H3.